The van der Waals surface area contributed by atoms with E-state index in [4.69, 9.17) is 10.9 Å². The van der Waals surface area contributed by atoms with E-state index >= 15 is 0 Å². The molecule has 1 aliphatic heterocycles. The van der Waals surface area contributed by atoms with E-state index in [0.717, 1.165) is 0 Å². The molecule has 0 aromatic heterocycles. The Morgan fingerprint density at radius 3 is 2.76 bits per heavy atom. The summed E-state index contributed by atoms with van der Waals surface area (Å²) in [5.74, 6) is -1.04. The molecule has 0 aromatic carbocycles. The molecule has 2 unspecified atom stereocenters. The van der Waals surface area contributed by atoms with Crippen molar-refractivity contribution in [3.8, 4) is 0 Å². The molecule has 7 nitrogen and oxygen atoms in total. The van der Waals surface area contributed by atoms with Gasteiger partial charge in [-0.3, -0.25) is 4.79 Å². The van der Waals surface area contributed by atoms with Gasteiger partial charge in [0.1, 0.15) is 5.84 Å². The Labute approximate surface area is 100.0 Å². The lowest BCUT2D eigenvalue weighted by Gasteiger charge is -2.13. The number of rotatable bonds is 4. The summed E-state index contributed by atoms with van der Waals surface area (Å²) in [6, 6.07) is 0. The van der Waals surface area contributed by atoms with E-state index in [2.05, 4.69) is 10.5 Å². The molecule has 4 N–H and O–H groups in total. The molecule has 1 fully saturated rings. The number of sulfone groups is 1. The van der Waals surface area contributed by atoms with Crippen molar-refractivity contribution in [2.24, 2.45) is 22.7 Å². The Morgan fingerprint density at radius 1 is 1.65 bits per heavy atom. The highest BCUT2D eigenvalue weighted by Gasteiger charge is 2.32. The van der Waals surface area contributed by atoms with Crippen LogP contribution in [-0.2, 0) is 14.6 Å². The number of amidine groups is 1. The van der Waals surface area contributed by atoms with Crippen molar-refractivity contribution in [2.45, 2.75) is 13.3 Å². The molecule has 0 bridgehead atoms. The molecule has 0 radical (unpaired) electrons. The van der Waals surface area contributed by atoms with Crippen molar-refractivity contribution >= 4 is 21.6 Å². The normalized spacial score (nSPS) is 25.5. The van der Waals surface area contributed by atoms with Gasteiger partial charge in [0, 0.05) is 12.5 Å². The minimum Gasteiger partial charge on any atom is -0.409 e. The van der Waals surface area contributed by atoms with Gasteiger partial charge in [0.25, 0.3) is 0 Å². The number of carbonyl (C=O) groups is 1. The number of amides is 1. The third-order valence-electron chi connectivity index (χ3n) is 2.81. The maximum atomic E-state index is 11.6. The zero-order valence-electron chi connectivity index (χ0n) is 9.59. The topological polar surface area (TPSA) is 122 Å². The van der Waals surface area contributed by atoms with E-state index in [-0.39, 0.29) is 35.7 Å². The van der Waals surface area contributed by atoms with E-state index < -0.39 is 15.8 Å². The fourth-order valence-electron chi connectivity index (χ4n) is 1.60. The molecule has 8 heteroatoms. The van der Waals surface area contributed by atoms with Crippen LogP contribution < -0.4 is 11.1 Å². The summed E-state index contributed by atoms with van der Waals surface area (Å²) in [6.45, 7) is 1.92. The van der Waals surface area contributed by atoms with Crippen LogP contribution in [0.1, 0.15) is 13.3 Å². The van der Waals surface area contributed by atoms with Gasteiger partial charge in [-0.15, -0.1) is 0 Å². The summed E-state index contributed by atoms with van der Waals surface area (Å²) in [6.07, 6.45) is 0.367. The average Bonchev–Trinajstić information content (AvgIpc) is 2.64. The summed E-state index contributed by atoms with van der Waals surface area (Å²) in [5.41, 5.74) is 5.35. The summed E-state index contributed by atoms with van der Waals surface area (Å²) < 4.78 is 22.4. The molecule has 1 amide bonds. The van der Waals surface area contributed by atoms with Gasteiger partial charge in [-0.05, 0) is 6.42 Å². The number of nitrogens with zero attached hydrogens (tertiary/aromatic N) is 1. The SMILES string of the molecule is CC(CNC(=O)C1CCS(=O)(=O)C1)C(N)=NO. The van der Waals surface area contributed by atoms with Crippen LogP contribution in [0.5, 0.6) is 0 Å². The molecular formula is C9H17N3O4S. The summed E-state index contributed by atoms with van der Waals surface area (Å²) in [5, 5.41) is 13.9. The first kappa shape index (κ1) is 13.8. The lowest BCUT2D eigenvalue weighted by Crippen LogP contribution is -2.38. The Kier molecular flexibility index (Phi) is 4.33. The molecule has 0 aliphatic carbocycles. The third kappa shape index (κ3) is 3.88. The van der Waals surface area contributed by atoms with E-state index in [1.54, 1.807) is 6.92 Å². The largest absolute Gasteiger partial charge is 0.409 e. The predicted octanol–water partition coefficient (Wildman–Crippen LogP) is -1.08. The molecular weight excluding hydrogens is 246 g/mol. The maximum Gasteiger partial charge on any atom is 0.224 e. The predicted molar refractivity (Wildman–Crippen MR) is 62.3 cm³/mol. The van der Waals surface area contributed by atoms with Crippen molar-refractivity contribution in [2.75, 3.05) is 18.1 Å². The summed E-state index contributed by atoms with van der Waals surface area (Å²) in [7, 11) is -3.05. The molecule has 0 saturated carbocycles. The van der Waals surface area contributed by atoms with Crippen molar-refractivity contribution in [1.82, 2.24) is 5.32 Å². The minimum absolute atomic E-state index is 0.0318. The number of hydrogen-bond donors (Lipinski definition) is 3. The smallest absolute Gasteiger partial charge is 0.224 e. The van der Waals surface area contributed by atoms with Gasteiger partial charge in [-0.25, -0.2) is 8.42 Å². The number of nitrogens with two attached hydrogens (primary N) is 1. The van der Waals surface area contributed by atoms with Crippen LogP contribution in [0.4, 0.5) is 0 Å². The second kappa shape index (κ2) is 5.35. The van der Waals surface area contributed by atoms with E-state index in [9.17, 15) is 13.2 Å². The Balaban J connectivity index is 2.41. The first-order valence-corrected chi connectivity index (χ1v) is 7.13. The molecule has 1 aliphatic rings. The average molecular weight is 263 g/mol. The van der Waals surface area contributed by atoms with Crippen LogP contribution in [0, 0.1) is 11.8 Å². The van der Waals surface area contributed by atoms with Gasteiger partial charge in [-0.2, -0.15) is 0 Å². The summed E-state index contributed by atoms with van der Waals surface area (Å²) >= 11 is 0. The van der Waals surface area contributed by atoms with Crippen LogP contribution >= 0.6 is 0 Å². The van der Waals surface area contributed by atoms with E-state index in [0.29, 0.717) is 6.42 Å². The second-order valence-electron chi connectivity index (χ2n) is 4.27. The quantitative estimate of drug-likeness (QED) is 0.258. The molecule has 17 heavy (non-hydrogen) atoms. The number of nitrogens with one attached hydrogen (secondary N) is 1. The zero-order valence-corrected chi connectivity index (χ0v) is 10.4. The Morgan fingerprint density at radius 2 is 2.29 bits per heavy atom. The highest BCUT2D eigenvalue weighted by Crippen LogP contribution is 2.18. The fraction of sp³-hybridized carbons (Fsp3) is 0.778. The lowest BCUT2D eigenvalue weighted by molar-refractivity contribution is -0.124. The highest BCUT2D eigenvalue weighted by molar-refractivity contribution is 7.91. The molecule has 1 saturated heterocycles. The van der Waals surface area contributed by atoms with E-state index in [1.807, 2.05) is 0 Å². The van der Waals surface area contributed by atoms with Crippen LogP contribution in [0.25, 0.3) is 0 Å². The van der Waals surface area contributed by atoms with Gasteiger partial charge in [0.05, 0.1) is 17.4 Å². The van der Waals surface area contributed by atoms with Crippen molar-refractivity contribution in [3.05, 3.63) is 0 Å². The van der Waals surface area contributed by atoms with Crippen LogP contribution in [0.3, 0.4) is 0 Å². The molecule has 1 heterocycles. The minimum atomic E-state index is -3.05. The van der Waals surface area contributed by atoms with Crippen molar-refractivity contribution in [1.29, 1.82) is 0 Å². The van der Waals surface area contributed by atoms with Crippen molar-refractivity contribution < 1.29 is 18.4 Å². The van der Waals surface area contributed by atoms with Crippen molar-refractivity contribution in [3.63, 3.8) is 0 Å². The number of hydrogen-bond acceptors (Lipinski definition) is 5. The summed E-state index contributed by atoms with van der Waals surface area (Å²) in [4.78, 5) is 11.6. The first-order chi connectivity index (χ1) is 7.85. The number of oxime groups is 1. The lowest BCUT2D eigenvalue weighted by atomic mass is 10.1. The molecule has 0 spiro atoms. The van der Waals surface area contributed by atoms with E-state index in [1.165, 1.54) is 0 Å². The highest BCUT2D eigenvalue weighted by atomic mass is 32.2. The second-order valence-corrected chi connectivity index (χ2v) is 6.50. The third-order valence-corrected chi connectivity index (χ3v) is 4.57. The van der Waals surface area contributed by atoms with Crippen LogP contribution in [0.15, 0.2) is 5.16 Å². The molecule has 1 rings (SSSR count). The standard InChI is InChI=1S/C9H17N3O4S/c1-6(8(10)12-14)4-11-9(13)7-2-3-17(15,16)5-7/h6-7,14H,2-5H2,1H3,(H2,10,12)(H,11,13). The van der Waals surface area contributed by atoms with Gasteiger partial charge in [0.15, 0.2) is 9.84 Å². The van der Waals surface area contributed by atoms with Crippen LogP contribution in [0.2, 0.25) is 0 Å². The van der Waals surface area contributed by atoms with Gasteiger partial charge >= 0.3 is 0 Å². The molecule has 0 aromatic rings. The fourth-order valence-corrected chi connectivity index (χ4v) is 3.34. The van der Waals surface area contributed by atoms with Gasteiger partial charge in [0.2, 0.25) is 5.91 Å². The van der Waals surface area contributed by atoms with Gasteiger partial charge in [-0.1, -0.05) is 12.1 Å². The Hall–Kier alpha value is -1.31. The monoisotopic (exact) mass is 263 g/mol. The van der Waals surface area contributed by atoms with Gasteiger partial charge < -0.3 is 16.3 Å². The zero-order chi connectivity index (χ0) is 13.1. The van der Waals surface area contributed by atoms with Crippen LogP contribution in [-0.4, -0.2) is 43.4 Å². The molecule has 98 valence electrons. The maximum absolute atomic E-state index is 11.6. The number of carbonyl (C=O) groups excluding carboxylic acids is 1. The first-order valence-electron chi connectivity index (χ1n) is 5.31. The Bertz CT molecular complexity index is 418. The molecule has 2 atom stereocenters.